The molecule has 9 heteroatoms. The highest BCUT2D eigenvalue weighted by molar-refractivity contribution is 6.07. The Morgan fingerprint density at radius 1 is 1.17 bits per heavy atom. The van der Waals surface area contributed by atoms with Crippen LogP contribution in [0, 0.1) is 11.7 Å². The number of β-amino-alcohol motifs (C(OH)–C–C–N with tert-alkyl or cyclic N) is 2. The van der Waals surface area contributed by atoms with Crippen molar-refractivity contribution in [2.24, 2.45) is 5.92 Å². The third kappa shape index (κ3) is 5.12. The van der Waals surface area contributed by atoms with Crippen molar-refractivity contribution in [3.63, 3.8) is 0 Å². The number of nitrogens with zero attached hydrogens (tertiary/aromatic N) is 3. The molecule has 1 aromatic carbocycles. The number of likely N-dealkylation sites (tertiary alicyclic amines) is 1. The molecule has 1 amide bonds. The summed E-state index contributed by atoms with van der Waals surface area (Å²) < 4.78 is 19.4. The maximum atomic E-state index is 14.0. The smallest absolute Gasteiger partial charge is 0.252 e. The number of nitrogens with one attached hydrogen (secondary N) is 1. The minimum absolute atomic E-state index is 0.0456. The van der Waals surface area contributed by atoms with E-state index in [1.54, 1.807) is 24.4 Å². The Morgan fingerprint density at radius 2 is 1.94 bits per heavy atom. The van der Waals surface area contributed by atoms with E-state index in [0.717, 1.165) is 19.4 Å². The molecule has 2 aromatic heterocycles. The van der Waals surface area contributed by atoms with Crippen molar-refractivity contribution >= 4 is 16.8 Å². The number of aliphatic hydroxyl groups excluding tert-OH is 2. The van der Waals surface area contributed by atoms with Crippen LogP contribution < -0.4 is 10.1 Å². The normalized spacial score (nSPS) is 24.3. The van der Waals surface area contributed by atoms with Gasteiger partial charge in [0, 0.05) is 55.0 Å². The standard InChI is InChI=1S/C26H29FN4O4/c1-2-35-25-6-3-16(11-28-25)21-10-20(19-5-4-17(27)9-22(19)30-21)26(34)29-18-7-15(8-18)12-31-13-23(32)24(33)14-31/h3-6,9-11,15,18,23-24,32-33H,2,7-8,12-14H2,1H3,(H,29,34)/t15?,18?,23-,24+. The van der Waals surface area contributed by atoms with Gasteiger partial charge in [0.05, 0.1) is 35.6 Å². The maximum absolute atomic E-state index is 14.0. The largest absolute Gasteiger partial charge is 0.478 e. The molecule has 35 heavy (non-hydrogen) atoms. The highest BCUT2D eigenvalue weighted by Crippen LogP contribution is 2.31. The number of rotatable bonds is 7. The molecule has 0 unspecified atom stereocenters. The molecule has 2 fully saturated rings. The van der Waals surface area contributed by atoms with Gasteiger partial charge in [0.2, 0.25) is 5.88 Å². The predicted octanol–water partition coefficient (Wildman–Crippen LogP) is 2.38. The second-order valence-corrected chi connectivity index (χ2v) is 9.40. The summed E-state index contributed by atoms with van der Waals surface area (Å²) in [6.45, 7) is 4.15. The van der Waals surface area contributed by atoms with Crippen molar-refractivity contribution in [3.05, 3.63) is 54.0 Å². The van der Waals surface area contributed by atoms with E-state index in [1.807, 2.05) is 13.0 Å². The van der Waals surface area contributed by atoms with Crippen molar-refractivity contribution in [2.75, 3.05) is 26.2 Å². The fourth-order valence-electron chi connectivity index (χ4n) is 4.93. The number of hydrogen-bond acceptors (Lipinski definition) is 7. The molecule has 3 heterocycles. The van der Waals surface area contributed by atoms with Crippen molar-refractivity contribution in [1.29, 1.82) is 0 Å². The molecule has 1 saturated heterocycles. The molecule has 0 radical (unpaired) electrons. The lowest BCUT2D eigenvalue weighted by Gasteiger charge is -2.38. The number of ether oxygens (including phenoxy) is 1. The van der Waals surface area contributed by atoms with Crippen molar-refractivity contribution < 1.29 is 24.1 Å². The predicted molar refractivity (Wildman–Crippen MR) is 129 cm³/mol. The SMILES string of the molecule is CCOc1ccc(-c2cc(C(=O)NC3CC(CN4C[C@@H](O)[C@@H](O)C4)C3)c3ccc(F)cc3n2)cn1. The van der Waals surface area contributed by atoms with Gasteiger partial charge >= 0.3 is 0 Å². The Morgan fingerprint density at radius 3 is 2.63 bits per heavy atom. The highest BCUT2D eigenvalue weighted by atomic mass is 19.1. The van der Waals surface area contributed by atoms with Gasteiger partial charge in [-0.05, 0) is 49.9 Å². The number of hydrogen-bond donors (Lipinski definition) is 3. The minimum Gasteiger partial charge on any atom is -0.478 e. The maximum Gasteiger partial charge on any atom is 0.252 e. The lowest BCUT2D eigenvalue weighted by Crippen LogP contribution is -2.47. The lowest BCUT2D eigenvalue weighted by atomic mass is 9.79. The number of pyridine rings is 2. The van der Waals surface area contributed by atoms with Crippen LogP contribution in [0.1, 0.15) is 30.1 Å². The molecule has 2 atom stereocenters. The van der Waals surface area contributed by atoms with Crippen molar-refractivity contribution in [1.82, 2.24) is 20.2 Å². The molecule has 2 aliphatic rings. The second kappa shape index (κ2) is 9.85. The van der Waals surface area contributed by atoms with E-state index in [4.69, 9.17) is 4.74 Å². The molecular formula is C26H29FN4O4. The van der Waals surface area contributed by atoms with Gasteiger partial charge in [-0.2, -0.15) is 0 Å². The summed E-state index contributed by atoms with van der Waals surface area (Å²) in [6.07, 6.45) is 1.93. The first kappa shape index (κ1) is 23.6. The van der Waals surface area contributed by atoms with Gasteiger partial charge < -0.3 is 20.3 Å². The second-order valence-electron chi connectivity index (χ2n) is 9.40. The van der Waals surface area contributed by atoms with Gasteiger partial charge in [-0.3, -0.25) is 9.69 Å². The summed E-state index contributed by atoms with van der Waals surface area (Å²) in [6, 6.07) is 9.56. The summed E-state index contributed by atoms with van der Waals surface area (Å²) in [7, 11) is 0. The minimum atomic E-state index is -0.685. The Kier molecular flexibility index (Phi) is 6.64. The first-order valence-corrected chi connectivity index (χ1v) is 12.0. The van der Waals surface area contributed by atoms with E-state index >= 15 is 0 Å². The monoisotopic (exact) mass is 480 g/mol. The molecule has 5 rings (SSSR count). The summed E-state index contributed by atoms with van der Waals surface area (Å²) >= 11 is 0. The number of halogens is 1. The summed E-state index contributed by atoms with van der Waals surface area (Å²) in [5, 5.41) is 23.1. The number of benzene rings is 1. The van der Waals surface area contributed by atoms with Crippen LogP contribution in [-0.4, -0.2) is 75.5 Å². The van der Waals surface area contributed by atoms with Gasteiger partial charge in [-0.1, -0.05) is 0 Å². The van der Waals surface area contributed by atoms with Crippen LogP contribution in [0.15, 0.2) is 42.6 Å². The fourth-order valence-corrected chi connectivity index (χ4v) is 4.93. The summed E-state index contributed by atoms with van der Waals surface area (Å²) in [5.41, 5.74) is 2.07. The molecule has 0 bridgehead atoms. The average molecular weight is 481 g/mol. The third-order valence-electron chi connectivity index (χ3n) is 6.76. The molecule has 0 spiro atoms. The number of aromatic nitrogens is 2. The number of aliphatic hydroxyl groups is 2. The van der Waals surface area contributed by atoms with Crippen LogP contribution in [0.25, 0.3) is 22.2 Å². The van der Waals surface area contributed by atoms with E-state index in [0.29, 0.717) is 59.2 Å². The number of carbonyl (C=O) groups excluding carboxylic acids is 1. The number of carbonyl (C=O) groups is 1. The highest BCUT2D eigenvalue weighted by Gasteiger charge is 2.36. The average Bonchev–Trinajstić information content (AvgIpc) is 3.14. The van der Waals surface area contributed by atoms with Crippen LogP contribution in [-0.2, 0) is 0 Å². The Balaban J connectivity index is 1.31. The quantitative estimate of drug-likeness (QED) is 0.477. The number of amides is 1. The summed E-state index contributed by atoms with van der Waals surface area (Å²) in [5.74, 6) is 0.266. The molecule has 1 saturated carbocycles. The molecule has 8 nitrogen and oxygen atoms in total. The molecular weight excluding hydrogens is 451 g/mol. The zero-order chi connectivity index (χ0) is 24.5. The zero-order valence-electron chi connectivity index (χ0n) is 19.5. The van der Waals surface area contributed by atoms with Crippen LogP contribution in [0.2, 0.25) is 0 Å². The molecule has 1 aliphatic carbocycles. The van der Waals surface area contributed by atoms with E-state index in [-0.39, 0.29) is 11.9 Å². The molecule has 3 aromatic rings. The van der Waals surface area contributed by atoms with Crippen molar-refractivity contribution in [3.8, 4) is 17.1 Å². The first-order valence-electron chi connectivity index (χ1n) is 12.0. The molecule has 1 aliphatic heterocycles. The van der Waals surface area contributed by atoms with E-state index in [1.165, 1.54) is 12.1 Å². The molecule has 3 N–H and O–H groups in total. The fraction of sp³-hybridized carbons (Fsp3) is 0.423. The van der Waals surface area contributed by atoms with Gasteiger partial charge in [-0.25, -0.2) is 14.4 Å². The van der Waals surface area contributed by atoms with Gasteiger partial charge in [0.15, 0.2) is 0 Å². The van der Waals surface area contributed by atoms with Gasteiger partial charge in [0.25, 0.3) is 5.91 Å². The van der Waals surface area contributed by atoms with Crippen LogP contribution in [0.3, 0.4) is 0 Å². The Bertz CT molecular complexity index is 1210. The zero-order valence-corrected chi connectivity index (χ0v) is 19.5. The van der Waals surface area contributed by atoms with E-state index < -0.39 is 18.0 Å². The Labute approximate surface area is 202 Å². The van der Waals surface area contributed by atoms with E-state index in [2.05, 4.69) is 20.2 Å². The van der Waals surface area contributed by atoms with Gasteiger partial charge in [-0.15, -0.1) is 0 Å². The topological polar surface area (TPSA) is 108 Å². The van der Waals surface area contributed by atoms with E-state index in [9.17, 15) is 19.4 Å². The van der Waals surface area contributed by atoms with Gasteiger partial charge in [0.1, 0.15) is 5.82 Å². The van der Waals surface area contributed by atoms with Crippen LogP contribution >= 0.6 is 0 Å². The lowest BCUT2D eigenvalue weighted by molar-refractivity contribution is 0.0572. The van der Waals surface area contributed by atoms with Crippen molar-refractivity contribution in [2.45, 2.75) is 38.0 Å². The molecule has 184 valence electrons. The van der Waals surface area contributed by atoms with Crippen LogP contribution in [0.5, 0.6) is 5.88 Å². The van der Waals surface area contributed by atoms with Crippen LogP contribution in [0.4, 0.5) is 4.39 Å². The first-order chi connectivity index (χ1) is 16.9. The summed E-state index contributed by atoms with van der Waals surface area (Å²) in [4.78, 5) is 24.2. The number of fused-ring (bicyclic) bond motifs is 1. The third-order valence-corrected chi connectivity index (χ3v) is 6.76. The Hall–Kier alpha value is -3.14.